The highest BCUT2D eigenvalue weighted by atomic mass is 16.5. The number of para-hydroxylation sites is 1. The van der Waals surface area contributed by atoms with Gasteiger partial charge in [0.15, 0.2) is 0 Å². The van der Waals surface area contributed by atoms with E-state index in [4.69, 9.17) is 4.74 Å². The first-order valence-electron chi connectivity index (χ1n) is 10.1. The fourth-order valence-electron chi connectivity index (χ4n) is 3.80. The molecule has 3 atom stereocenters. The lowest BCUT2D eigenvalue weighted by atomic mass is 9.96. The van der Waals surface area contributed by atoms with Crippen LogP contribution >= 0.6 is 0 Å². The van der Waals surface area contributed by atoms with Crippen molar-refractivity contribution >= 4 is 5.91 Å². The lowest BCUT2D eigenvalue weighted by Gasteiger charge is -2.19. The van der Waals surface area contributed by atoms with E-state index >= 15 is 0 Å². The molecular weight excluding hydrogens is 366 g/mol. The number of rotatable bonds is 7. The lowest BCUT2D eigenvalue weighted by molar-refractivity contribution is -0.127. The minimum atomic E-state index is -0.251. The second kappa shape index (κ2) is 8.61. The van der Waals surface area contributed by atoms with Crippen LogP contribution in [0, 0.1) is 18.8 Å². The maximum absolute atomic E-state index is 12.8. The van der Waals surface area contributed by atoms with Crippen molar-refractivity contribution in [2.75, 3.05) is 13.2 Å². The standard InChI is InChI=1S/C22H27N5O2/c1-16(14-26-10-9-23-17(26)2)12-24-22(28)20-8-11-29-21(20)18-13-25-27(15-18)19-6-4-3-5-7-19/h3-7,9-10,13,15-16,20-21H,8,11-12,14H2,1-2H3,(H,24,28)/t16-,20-,21+/m0/s1. The van der Waals surface area contributed by atoms with Crippen LogP contribution in [0.5, 0.6) is 0 Å². The number of nitrogens with zero attached hydrogens (tertiary/aromatic N) is 4. The fraction of sp³-hybridized carbons (Fsp3) is 0.409. The molecule has 1 saturated heterocycles. The van der Waals surface area contributed by atoms with E-state index in [9.17, 15) is 4.79 Å². The zero-order valence-electron chi connectivity index (χ0n) is 16.9. The molecule has 29 heavy (non-hydrogen) atoms. The molecule has 1 aromatic carbocycles. The van der Waals surface area contributed by atoms with Crippen molar-refractivity contribution in [1.29, 1.82) is 0 Å². The Morgan fingerprint density at radius 2 is 2.17 bits per heavy atom. The Kier molecular flexibility index (Phi) is 5.76. The zero-order valence-corrected chi connectivity index (χ0v) is 16.9. The molecule has 0 saturated carbocycles. The van der Waals surface area contributed by atoms with Gasteiger partial charge in [0.05, 0.1) is 23.9 Å². The van der Waals surface area contributed by atoms with Crippen LogP contribution in [0.2, 0.25) is 0 Å². The number of aryl methyl sites for hydroxylation is 1. The van der Waals surface area contributed by atoms with Gasteiger partial charge >= 0.3 is 0 Å². The third-order valence-electron chi connectivity index (χ3n) is 5.44. The average molecular weight is 393 g/mol. The molecule has 1 aliphatic rings. The van der Waals surface area contributed by atoms with Gasteiger partial charge < -0.3 is 14.6 Å². The molecule has 1 fully saturated rings. The molecule has 7 heteroatoms. The number of amides is 1. The van der Waals surface area contributed by atoms with Crippen LogP contribution in [0.4, 0.5) is 0 Å². The number of hydrogen-bond donors (Lipinski definition) is 1. The summed E-state index contributed by atoms with van der Waals surface area (Å²) in [5.74, 6) is 1.16. The number of imidazole rings is 1. The first-order chi connectivity index (χ1) is 14.1. The lowest BCUT2D eigenvalue weighted by Crippen LogP contribution is -2.36. The molecule has 0 spiro atoms. The molecular formula is C22H27N5O2. The monoisotopic (exact) mass is 393 g/mol. The summed E-state index contributed by atoms with van der Waals surface area (Å²) in [7, 11) is 0. The van der Waals surface area contributed by atoms with Crippen LogP contribution in [0.25, 0.3) is 5.69 Å². The Labute approximate surface area is 170 Å². The van der Waals surface area contributed by atoms with E-state index in [1.807, 2.05) is 54.3 Å². The Morgan fingerprint density at radius 3 is 2.93 bits per heavy atom. The predicted octanol–water partition coefficient (Wildman–Crippen LogP) is 2.91. The van der Waals surface area contributed by atoms with Crippen molar-refractivity contribution in [3.05, 3.63) is 66.5 Å². The number of carbonyl (C=O) groups excluding carboxylic acids is 1. The Hall–Kier alpha value is -2.93. The van der Waals surface area contributed by atoms with Crippen molar-refractivity contribution in [2.24, 2.45) is 11.8 Å². The second-order valence-electron chi connectivity index (χ2n) is 7.72. The highest BCUT2D eigenvalue weighted by molar-refractivity contribution is 5.79. The van der Waals surface area contributed by atoms with Gasteiger partial charge in [0, 0.05) is 43.9 Å². The number of aromatic nitrogens is 4. The molecule has 1 N–H and O–H groups in total. The topological polar surface area (TPSA) is 74.0 Å². The summed E-state index contributed by atoms with van der Waals surface area (Å²) >= 11 is 0. The third-order valence-corrected chi connectivity index (χ3v) is 5.44. The predicted molar refractivity (Wildman–Crippen MR) is 110 cm³/mol. The minimum Gasteiger partial charge on any atom is -0.373 e. The summed E-state index contributed by atoms with van der Waals surface area (Å²) in [5, 5.41) is 7.56. The Balaban J connectivity index is 1.36. The van der Waals surface area contributed by atoms with E-state index < -0.39 is 0 Å². The van der Waals surface area contributed by atoms with E-state index in [-0.39, 0.29) is 17.9 Å². The van der Waals surface area contributed by atoms with Gasteiger partial charge in [0.1, 0.15) is 5.82 Å². The van der Waals surface area contributed by atoms with Crippen molar-refractivity contribution in [3.63, 3.8) is 0 Å². The highest BCUT2D eigenvalue weighted by Crippen LogP contribution is 2.34. The van der Waals surface area contributed by atoms with Crippen molar-refractivity contribution in [3.8, 4) is 5.69 Å². The van der Waals surface area contributed by atoms with Gasteiger partial charge in [-0.3, -0.25) is 4.79 Å². The van der Waals surface area contributed by atoms with E-state index in [1.54, 1.807) is 12.4 Å². The van der Waals surface area contributed by atoms with E-state index in [2.05, 4.69) is 26.9 Å². The van der Waals surface area contributed by atoms with Gasteiger partial charge in [0.2, 0.25) is 5.91 Å². The van der Waals surface area contributed by atoms with Crippen LogP contribution in [0.1, 0.15) is 30.8 Å². The molecule has 4 rings (SSSR count). The summed E-state index contributed by atoms with van der Waals surface area (Å²) in [4.78, 5) is 17.1. The number of benzene rings is 1. The molecule has 1 amide bonds. The van der Waals surface area contributed by atoms with Gasteiger partial charge in [-0.05, 0) is 31.4 Å². The quantitative estimate of drug-likeness (QED) is 0.670. The zero-order chi connectivity index (χ0) is 20.2. The Morgan fingerprint density at radius 1 is 1.34 bits per heavy atom. The van der Waals surface area contributed by atoms with Crippen LogP contribution in [-0.4, -0.2) is 38.4 Å². The third kappa shape index (κ3) is 4.40. The number of carbonyl (C=O) groups is 1. The summed E-state index contributed by atoms with van der Waals surface area (Å²) in [6.07, 6.45) is 8.00. The number of hydrogen-bond acceptors (Lipinski definition) is 4. The first-order valence-corrected chi connectivity index (χ1v) is 10.1. The largest absolute Gasteiger partial charge is 0.373 e. The molecule has 0 bridgehead atoms. The fourth-order valence-corrected chi connectivity index (χ4v) is 3.80. The first kappa shape index (κ1) is 19.4. The van der Waals surface area contributed by atoms with Gasteiger partial charge in [-0.1, -0.05) is 25.1 Å². The van der Waals surface area contributed by atoms with Crippen molar-refractivity contribution in [1.82, 2.24) is 24.6 Å². The van der Waals surface area contributed by atoms with Gasteiger partial charge in [0.25, 0.3) is 0 Å². The van der Waals surface area contributed by atoms with Crippen molar-refractivity contribution in [2.45, 2.75) is 32.9 Å². The maximum atomic E-state index is 12.8. The smallest absolute Gasteiger partial charge is 0.226 e. The SMILES string of the molecule is Cc1nccn1C[C@@H](C)CNC(=O)[C@H]1CCO[C@@H]1c1cnn(-c2ccccc2)c1. The second-order valence-corrected chi connectivity index (χ2v) is 7.72. The molecule has 0 aliphatic carbocycles. The van der Waals surface area contributed by atoms with Gasteiger partial charge in [-0.2, -0.15) is 5.10 Å². The summed E-state index contributed by atoms with van der Waals surface area (Å²) in [6, 6.07) is 9.93. The minimum absolute atomic E-state index is 0.0502. The number of nitrogens with one attached hydrogen (secondary N) is 1. The van der Waals surface area contributed by atoms with E-state index in [0.717, 1.165) is 30.0 Å². The van der Waals surface area contributed by atoms with Gasteiger partial charge in [-0.15, -0.1) is 0 Å². The molecule has 3 aromatic rings. The molecule has 0 unspecified atom stereocenters. The highest BCUT2D eigenvalue weighted by Gasteiger charge is 2.36. The Bertz CT molecular complexity index is 949. The summed E-state index contributed by atoms with van der Waals surface area (Å²) in [5.41, 5.74) is 1.93. The number of ether oxygens (including phenoxy) is 1. The summed E-state index contributed by atoms with van der Waals surface area (Å²) in [6.45, 7) is 6.17. The normalized spacial score (nSPS) is 19.9. The van der Waals surface area contributed by atoms with E-state index in [0.29, 0.717) is 19.1 Å². The van der Waals surface area contributed by atoms with Gasteiger partial charge in [-0.25, -0.2) is 9.67 Å². The average Bonchev–Trinajstić information content (AvgIpc) is 3.48. The molecule has 2 aromatic heterocycles. The van der Waals surface area contributed by atoms with Crippen LogP contribution < -0.4 is 5.32 Å². The van der Waals surface area contributed by atoms with E-state index in [1.165, 1.54) is 0 Å². The van der Waals surface area contributed by atoms with Crippen LogP contribution in [0.3, 0.4) is 0 Å². The molecule has 0 radical (unpaired) electrons. The van der Waals surface area contributed by atoms with Crippen molar-refractivity contribution < 1.29 is 9.53 Å². The summed E-state index contributed by atoms with van der Waals surface area (Å²) < 4.78 is 9.83. The van der Waals surface area contributed by atoms with Crippen LogP contribution in [0.15, 0.2) is 55.1 Å². The maximum Gasteiger partial charge on any atom is 0.226 e. The molecule has 7 nitrogen and oxygen atoms in total. The van der Waals surface area contributed by atoms with Crippen LogP contribution in [-0.2, 0) is 16.1 Å². The molecule has 3 heterocycles. The molecule has 1 aliphatic heterocycles. The molecule has 152 valence electrons.